The van der Waals surface area contributed by atoms with Gasteiger partial charge in [-0.2, -0.15) is 0 Å². The molecule has 0 aliphatic carbocycles. The lowest BCUT2D eigenvalue weighted by Gasteiger charge is -2.27. The molecule has 0 radical (unpaired) electrons. The van der Waals surface area contributed by atoms with Crippen molar-refractivity contribution < 1.29 is 46.2 Å². The van der Waals surface area contributed by atoms with Crippen molar-refractivity contribution in [2.24, 2.45) is 0 Å². The van der Waals surface area contributed by atoms with Crippen LogP contribution >= 0.6 is 0 Å². The average molecular weight is 936 g/mol. The first-order valence-electron chi connectivity index (χ1n) is 36.9. The molecule has 2 heterocycles. The predicted octanol–water partition coefficient (Wildman–Crippen LogP) is 17.6. The third-order valence-corrected chi connectivity index (χ3v) is 12.2. The highest BCUT2D eigenvalue weighted by atomic mass is 16.3. The minimum absolute atomic E-state index is 0.0755. The number of phenolic OH excluding ortho intramolecular Hbond substituents is 1. The maximum Gasteiger partial charge on any atom is 0.149 e. The second-order valence-corrected chi connectivity index (χ2v) is 18.4. The fourth-order valence-corrected chi connectivity index (χ4v) is 8.55. The largest absolute Gasteiger partial charge is 0.507 e. The fraction of sp³-hybridized carbons (Fsp3) is 0.262. The van der Waals surface area contributed by atoms with Crippen molar-refractivity contribution in [1.82, 2.24) is 14.5 Å². The summed E-state index contributed by atoms with van der Waals surface area (Å²) >= 11 is 0. The van der Waals surface area contributed by atoms with Crippen LogP contribution in [0.2, 0.25) is 0 Å². The molecule has 0 saturated heterocycles. The van der Waals surface area contributed by atoms with Crippen LogP contribution in [0, 0.1) is 6.85 Å². The van der Waals surface area contributed by atoms with Crippen LogP contribution in [0.25, 0.3) is 83.9 Å². The fourth-order valence-electron chi connectivity index (χ4n) is 8.55. The lowest BCUT2D eigenvalue weighted by Crippen LogP contribution is -2.17. The molecule has 0 amide bonds. The molecule has 0 fully saturated rings. The summed E-state index contributed by atoms with van der Waals surface area (Å²) in [5, 5.41) is 13.1. The van der Waals surface area contributed by atoms with E-state index in [9.17, 15) is 5.11 Å². The minimum Gasteiger partial charge on any atom is -0.507 e. The molecule has 9 rings (SSSR count). The van der Waals surface area contributed by atoms with Gasteiger partial charge in [0.1, 0.15) is 11.6 Å². The first-order chi connectivity index (χ1) is 45.0. The Morgan fingerprint density at radius 3 is 1.70 bits per heavy atom. The van der Waals surface area contributed by atoms with E-state index >= 15 is 0 Å². The lowest BCUT2D eigenvalue weighted by molar-refractivity contribution is 0.446. The van der Waals surface area contributed by atoms with E-state index in [4.69, 9.17) is 51.1 Å². The Balaban J connectivity index is 1.44. The lowest BCUT2D eigenvalue weighted by atomic mass is 9.79. The van der Waals surface area contributed by atoms with Crippen LogP contribution in [0.4, 0.5) is 0 Å². The Labute approximate surface area is 453 Å². The maximum absolute atomic E-state index is 13.1. The number of pyridine rings is 1. The molecular formula is C65H67N3O. The van der Waals surface area contributed by atoms with E-state index in [0.717, 1.165) is 4.57 Å². The molecule has 7 aromatic carbocycles. The van der Waals surface area contributed by atoms with Crippen LogP contribution in [-0.4, -0.2) is 19.6 Å². The summed E-state index contributed by atoms with van der Waals surface area (Å²) in [5.74, 6) is -2.32. The van der Waals surface area contributed by atoms with Crippen molar-refractivity contribution in [2.75, 3.05) is 0 Å². The van der Waals surface area contributed by atoms with E-state index in [1.165, 1.54) is 48.7 Å². The molecule has 2 aromatic heterocycles. The zero-order chi connectivity index (χ0) is 74.2. The van der Waals surface area contributed by atoms with Gasteiger partial charge in [0.15, 0.2) is 0 Å². The van der Waals surface area contributed by atoms with Crippen molar-refractivity contribution in [3.63, 3.8) is 0 Å². The number of imidazole rings is 1. The normalized spacial score (nSPS) is 20.7. The highest BCUT2D eigenvalue weighted by Gasteiger charge is 2.29. The number of aryl methyl sites for hydroxylation is 1. The molecule has 0 aliphatic heterocycles. The van der Waals surface area contributed by atoms with E-state index in [-0.39, 0.29) is 45.2 Å². The Hall–Kier alpha value is -7.04. The minimum atomic E-state index is -4.31. The highest BCUT2D eigenvalue weighted by Crippen LogP contribution is 2.46. The Kier molecular flexibility index (Phi) is 5.84. The summed E-state index contributed by atoms with van der Waals surface area (Å²) in [7, 11) is 0. The molecule has 1 N–H and O–H groups in total. The molecule has 4 heteroatoms. The summed E-state index contributed by atoms with van der Waals surface area (Å²) < 4.78 is 264. The SMILES string of the molecule is [2H]C([2H])([2H])c1cc(-c2ccccc2)ccc1-n1c(-c2cc(C(C([2H])([2H])[2H])(C([2H])([2H])[2H])C([2H])([2H])[2H])cc(C(C([2H])([2H])[2H])(C([2H])([2H])[2H])C([2H])([2H])[2H])c2O)nc2c(-c3cc(-c4cc(-c5cc(-c6ccccc6)cc(C(C([2H])([2H])[2H])(C([2H])([2H])[2H])C([2H])([2H])[2H])c5)ccn4)cc(C(C)(C)C)c3)cccc21. The molecule has 0 bridgehead atoms. The molecule has 0 aliphatic rings. The van der Waals surface area contributed by atoms with Gasteiger partial charge in [0.25, 0.3) is 0 Å². The number of nitrogens with zero attached hydrogens (tertiary/aromatic N) is 3. The summed E-state index contributed by atoms with van der Waals surface area (Å²) in [6, 6.07) is 38.8. The Morgan fingerprint density at radius 2 is 1.04 bits per heavy atom. The number of hydrogen-bond donors (Lipinski definition) is 1. The topological polar surface area (TPSA) is 50.9 Å². The monoisotopic (exact) mass is 936 g/mol. The van der Waals surface area contributed by atoms with Gasteiger partial charge in [-0.1, -0.05) is 186 Å². The van der Waals surface area contributed by atoms with Crippen LogP contribution < -0.4 is 0 Å². The third-order valence-electron chi connectivity index (χ3n) is 12.2. The van der Waals surface area contributed by atoms with E-state index in [1.54, 1.807) is 103 Å². The number of phenols is 1. The molecule has 0 saturated carbocycles. The molecule has 0 atom stereocenters. The van der Waals surface area contributed by atoms with E-state index < -0.39 is 130 Å². The van der Waals surface area contributed by atoms with Gasteiger partial charge in [-0.05, 0) is 144 Å². The first kappa shape index (κ1) is 23.0. The van der Waals surface area contributed by atoms with Crippen molar-refractivity contribution in [3.05, 3.63) is 192 Å². The van der Waals surface area contributed by atoms with Gasteiger partial charge in [0.2, 0.25) is 0 Å². The molecule has 348 valence electrons. The smallest absolute Gasteiger partial charge is 0.149 e. The van der Waals surface area contributed by atoms with Gasteiger partial charge in [-0.25, -0.2) is 4.98 Å². The average Bonchev–Trinajstić information content (AvgIpc) is 1.06. The van der Waals surface area contributed by atoms with Crippen molar-refractivity contribution in [3.8, 4) is 78.6 Å². The second-order valence-electron chi connectivity index (χ2n) is 18.4. The Bertz CT molecular complexity index is 4400. The van der Waals surface area contributed by atoms with Crippen molar-refractivity contribution in [2.45, 2.75) is 111 Å². The van der Waals surface area contributed by atoms with E-state index in [2.05, 4.69) is 0 Å². The van der Waals surface area contributed by atoms with Crippen LogP contribution in [0.3, 0.4) is 0 Å². The number of fused-ring (bicyclic) bond motifs is 1. The zero-order valence-corrected chi connectivity index (χ0v) is 37.9. The molecular weight excluding hydrogens is 839 g/mol. The van der Waals surface area contributed by atoms with Gasteiger partial charge in [-0.15, -0.1) is 0 Å². The summed E-state index contributed by atoms with van der Waals surface area (Å²) in [6.45, 7) is -33.8. The number of hydrogen-bond acceptors (Lipinski definition) is 3. The number of benzene rings is 7. The Morgan fingerprint density at radius 1 is 0.464 bits per heavy atom. The van der Waals surface area contributed by atoms with Crippen molar-refractivity contribution >= 4 is 11.0 Å². The number of aromatic nitrogens is 3. The zero-order valence-electron chi connectivity index (χ0n) is 67.9. The van der Waals surface area contributed by atoms with E-state index in [1.807, 2.05) is 20.8 Å². The number of para-hydroxylation sites is 1. The summed E-state index contributed by atoms with van der Waals surface area (Å²) in [5.41, 5.74) is -14.3. The van der Waals surface area contributed by atoms with E-state index in [0.29, 0.717) is 45.0 Å². The second kappa shape index (κ2) is 17.5. The summed E-state index contributed by atoms with van der Waals surface area (Å²) in [6.07, 6.45) is 1.42. The number of aromatic hydroxyl groups is 1. The molecule has 0 spiro atoms. The number of rotatable bonds is 7. The van der Waals surface area contributed by atoms with Gasteiger partial charge in [-0.3, -0.25) is 9.55 Å². The third kappa shape index (κ3) is 9.42. The standard InChI is InChI=1S/C65H67N3O/c1-41-31-44(42-21-16-14-17-22-42)27-28-57(41)68-58-26-20-25-53(59(58)67-61(68)54-39-52(64(8,9)10)40-55(60(54)69)65(11,12)13)48-33-49(37-51(36-48)63(5,6)7)56-38-45(29-30-66-56)47-32-46(43-23-18-15-19-24-43)34-50(35-47)62(2,3)4/h14-40,69H,1-13H3/i1D3,2D3,3D3,4D3,8D3,9D3,10D3,11D3,12D3,13D3. The highest BCUT2D eigenvalue weighted by molar-refractivity contribution is 5.97. The molecule has 4 nitrogen and oxygen atoms in total. The van der Waals surface area contributed by atoms with Crippen LogP contribution in [0.1, 0.15) is 151 Å². The van der Waals surface area contributed by atoms with Gasteiger partial charge in [0.05, 0.1) is 28.0 Å². The predicted molar refractivity (Wildman–Crippen MR) is 293 cm³/mol. The first-order valence-corrected chi connectivity index (χ1v) is 21.9. The van der Waals surface area contributed by atoms with Gasteiger partial charge >= 0.3 is 0 Å². The van der Waals surface area contributed by atoms with Crippen molar-refractivity contribution in [1.29, 1.82) is 0 Å². The molecule has 9 aromatic rings. The van der Waals surface area contributed by atoms with Gasteiger partial charge < -0.3 is 5.11 Å². The van der Waals surface area contributed by atoms with Crippen LogP contribution in [0.5, 0.6) is 5.75 Å². The summed E-state index contributed by atoms with van der Waals surface area (Å²) in [4.78, 5) is 9.76. The maximum atomic E-state index is 13.1. The molecule has 69 heavy (non-hydrogen) atoms. The van der Waals surface area contributed by atoms with Crippen LogP contribution in [-0.2, 0) is 21.7 Å². The van der Waals surface area contributed by atoms with Crippen LogP contribution in [0.15, 0.2) is 164 Å². The quantitative estimate of drug-likeness (QED) is 0.173. The van der Waals surface area contributed by atoms with Gasteiger partial charge in [0, 0.05) is 64.0 Å². The molecule has 0 unspecified atom stereocenters.